The van der Waals surface area contributed by atoms with Crippen LogP contribution in [0.5, 0.6) is 0 Å². The third-order valence-electron chi connectivity index (χ3n) is 0. The molecule has 0 rings (SSSR count). The fourth-order valence-corrected chi connectivity index (χ4v) is 0. The zero-order valence-electron chi connectivity index (χ0n) is 1.76. The highest BCUT2D eigenvalue weighted by Crippen LogP contribution is 1.36. The van der Waals surface area contributed by atoms with Crippen molar-refractivity contribution in [3.05, 3.63) is 10.1 Å². The molecule has 0 saturated carbocycles. The Hall–Kier alpha value is -0.383. The van der Waals surface area contributed by atoms with Gasteiger partial charge in [-0.3, -0.25) is 10.1 Å². The molecule has 0 amide bonds. The Balaban J connectivity index is 2.80. The number of nitrogens with zero attached hydrogens (tertiary/aromatic N) is 1. The van der Waals surface area contributed by atoms with Gasteiger partial charge in [-0.05, 0) is 4.59 Å². The summed E-state index contributed by atoms with van der Waals surface area (Å²) in [5, 5.41) is 8.72. The van der Waals surface area contributed by atoms with Crippen LogP contribution in [0.1, 0.15) is 0 Å². The van der Waals surface area contributed by atoms with Crippen LogP contribution in [-0.4, -0.2) is 15.0 Å². The van der Waals surface area contributed by atoms with Crippen molar-refractivity contribution in [1.29, 1.82) is 0 Å². The van der Waals surface area contributed by atoms with E-state index in [2.05, 4.69) is 0 Å². The van der Waals surface area contributed by atoms with Crippen molar-refractivity contribution in [2.45, 2.75) is 0 Å². The first-order valence-electron chi connectivity index (χ1n) is 0.589. The summed E-state index contributed by atoms with van der Waals surface area (Å²) in [7, 11) is 2.03. The third kappa shape index (κ3) is 4.19. The van der Waals surface area contributed by atoms with E-state index in [0.29, 0.717) is 0 Å². The van der Waals surface area contributed by atoms with Gasteiger partial charge in [-0.2, -0.15) is 0 Å². The molecule has 0 atom stereocenters. The lowest BCUT2D eigenvalue weighted by molar-refractivity contribution is -0.312. The molecule has 4 heavy (non-hydrogen) atoms. The van der Waals surface area contributed by atoms with Crippen LogP contribution in [-0.2, 0) is 0 Å². The Morgan fingerprint density at radius 2 is 2.00 bits per heavy atom. The summed E-state index contributed by atoms with van der Waals surface area (Å²) in [6.45, 7) is 0. The maximum absolute atomic E-state index is 8.72. The lowest BCUT2D eigenvalue weighted by Gasteiger charge is -1.62. The molecule has 0 saturated heterocycles. The maximum Gasteiger partial charge on any atom is 0.627 e. The van der Waals surface area contributed by atoms with E-state index in [1.807, 2.05) is 10.4 Å². The van der Waals surface area contributed by atoms with Crippen LogP contribution < -0.4 is 0 Å². The van der Waals surface area contributed by atoms with E-state index >= 15 is 0 Å². The summed E-state index contributed by atoms with van der Waals surface area (Å²) in [5.41, 5.74) is 0. The van der Waals surface area contributed by atoms with Gasteiger partial charge < -0.3 is 0 Å². The molecule has 0 heterocycles. The molecule has 0 spiro atoms. The SMILES string of the molecule is O=[N+]([O-])[Si]. The lowest BCUT2D eigenvalue weighted by Crippen LogP contribution is -1.83. The van der Waals surface area contributed by atoms with Gasteiger partial charge in [-0.15, -0.1) is 0 Å². The minimum atomic E-state index is -0.694. The summed E-state index contributed by atoms with van der Waals surface area (Å²) in [4.78, 5) is 8.72. The fourth-order valence-electron chi connectivity index (χ4n) is 0. The second-order valence-electron chi connectivity index (χ2n) is 0.257. The Morgan fingerprint density at radius 3 is 2.00 bits per heavy atom. The van der Waals surface area contributed by atoms with E-state index in [9.17, 15) is 0 Å². The Labute approximate surface area is 26.3 Å². The van der Waals surface area contributed by atoms with E-state index in [-0.39, 0.29) is 0 Å². The molecule has 4 heteroatoms. The van der Waals surface area contributed by atoms with Crippen LogP contribution in [0.2, 0.25) is 0 Å². The largest absolute Gasteiger partial charge is 0.627 e. The molecule has 0 fully saturated rings. The second-order valence-corrected chi connectivity index (χ2v) is 0.622. The van der Waals surface area contributed by atoms with Crippen LogP contribution >= 0.6 is 0 Å². The minimum Gasteiger partial charge on any atom is -0.290 e. The molecular formula is NO2Si. The molecule has 0 aromatic rings. The van der Waals surface area contributed by atoms with Crippen molar-refractivity contribution in [2.75, 3.05) is 0 Å². The van der Waals surface area contributed by atoms with Gasteiger partial charge in [0.1, 0.15) is 0 Å². The molecule has 21 valence electrons. The van der Waals surface area contributed by atoms with Crippen molar-refractivity contribution in [3.63, 3.8) is 0 Å². The van der Waals surface area contributed by atoms with Gasteiger partial charge in [0.05, 0.1) is 0 Å². The Kier molecular flexibility index (Phi) is 0.903. The first-order chi connectivity index (χ1) is 1.73. The number of hydrogen-bond donors (Lipinski definition) is 0. The standard InChI is InChI=1S/NO2Si/c2-1(3)4. The summed E-state index contributed by atoms with van der Waals surface area (Å²) in [5.74, 6) is 0. The van der Waals surface area contributed by atoms with Gasteiger partial charge >= 0.3 is 10.4 Å². The summed E-state index contributed by atoms with van der Waals surface area (Å²) < 4.78 is -0.694. The van der Waals surface area contributed by atoms with E-state index in [4.69, 9.17) is 10.1 Å². The minimum absolute atomic E-state index is 0.694. The molecule has 0 aromatic carbocycles. The first kappa shape index (κ1) is 3.62. The van der Waals surface area contributed by atoms with Gasteiger partial charge in [0, 0.05) is 0 Å². The monoisotopic (exact) mass is 74.0 g/mol. The van der Waals surface area contributed by atoms with E-state index in [1.165, 1.54) is 0 Å². The maximum atomic E-state index is 8.72. The summed E-state index contributed by atoms with van der Waals surface area (Å²) in [6, 6.07) is 0. The normalized spacial score (nSPS) is 6.25. The van der Waals surface area contributed by atoms with Gasteiger partial charge in [0.25, 0.3) is 0 Å². The van der Waals surface area contributed by atoms with E-state index in [0.717, 1.165) is 0 Å². The van der Waals surface area contributed by atoms with Crippen LogP contribution in [0, 0.1) is 10.1 Å². The Morgan fingerprint density at radius 1 is 2.00 bits per heavy atom. The number of nitro groups is 1. The van der Waals surface area contributed by atoms with Crippen molar-refractivity contribution < 1.29 is 4.59 Å². The highest BCUT2D eigenvalue weighted by molar-refractivity contribution is 5.95. The molecule has 3 nitrogen and oxygen atoms in total. The average Bonchev–Trinajstić information content (AvgIpc) is 0.811. The van der Waals surface area contributed by atoms with Crippen molar-refractivity contribution in [1.82, 2.24) is 0 Å². The molecule has 0 aliphatic carbocycles. The van der Waals surface area contributed by atoms with E-state index in [1.54, 1.807) is 0 Å². The predicted molar refractivity (Wildman–Crippen MR) is 12.7 cm³/mol. The molecule has 0 aliphatic rings. The lowest BCUT2D eigenvalue weighted by atomic mass is 13.4. The van der Waals surface area contributed by atoms with Crippen LogP contribution in [0.15, 0.2) is 0 Å². The van der Waals surface area contributed by atoms with Gasteiger partial charge in [0.2, 0.25) is 0 Å². The zero-order valence-corrected chi connectivity index (χ0v) is 2.76. The summed E-state index contributed by atoms with van der Waals surface area (Å²) >= 11 is 0. The molecule has 3 radical (unpaired) electrons. The smallest absolute Gasteiger partial charge is 0.290 e. The summed E-state index contributed by atoms with van der Waals surface area (Å²) in [6.07, 6.45) is 0. The molecule has 0 aromatic heterocycles. The first-order valence-corrected chi connectivity index (χ1v) is 1.04. The van der Waals surface area contributed by atoms with Gasteiger partial charge in [0.15, 0.2) is 0 Å². The Bertz CT molecular complexity index is 29.0. The zero-order chi connectivity index (χ0) is 3.58. The number of hydrogen-bond acceptors (Lipinski definition) is 2. The van der Waals surface area contributed by atoms with E-state index < -0.39 is 4.59 Å². The van der Waals surface area contributed by atoms with Gasteiger partial charge in [-0.25, -0.2) is 0 Å². The van der Waals surface area contributed by atoms with Crippen LogP contribution in [0.4, 0.5) is 0 Å². The highest BCUT2D eigenvalue weighted by atomic mass is 28.2. The fraction of sp³-hybridized carbons (Fsp3) is 0. The number of rotatable bonds is 0. The molecule has 0 aliphatic heterocycles. The third-order valence-corrected chi connectivity index (χ3v) is 0. The highest BCUT2D eigenvalue weighted by Gasteiger charge is 1.67. The van der Waals surface area contributed by atoms with Crippen LogP contribution in [0.3, 0.4) is 0 Å². The van der Waals surface area contributed by atoms with Crippen molar-refractivity contribution in [3.8, 4) is 0 Å². The van der Waals surface area contributed by atoms with Crippen molar-refractivity contribution in [2.24, 2.45) is 0 Å². The molecular weight excluding hydrogens is 74.1 g/mol. The predicted octanol–water partition coefficient (Wildman–Crippen LogP) is -0.653. The molecule has 0 unspecified atom stereocenters. The topological polar surface area (TPSA) is 43.1 Å². The van der Waals surface area contributed by atoms with Gasteiger partial charge in [-0.1, -0.05) is 0 Å². The average molecular weight is 74.1 g/mol. The molecule has 0 bridgehead atoms. The van der Waals surface area contributed by atoms with Crippen LogP contribution in [0.25, 0.3) is 0 Å². The van der Waals surface area contributed by atoms with Crippen molar-refractivity contribution >= 4 is 10.4 Å². The quantitative estimate of drug-likeness (QED) is 0.217. The molecule has 0 N–H and O–H groups in total. The second kappa shape index (κ2) is 0.999.